The first-order valence-electron chi connectivity index (χ1n) is 12.5. The number of ether oxygens (including phenoxy) is 6. The molecule has 14 nitrogen and oxygen atoms in total. The maximum Gasteiger partial charge on any atom is 0.350 e. The summed E-state index contributed by atoms with van der Waals surface area (Å²) in [6.45, 7) is 5.85. The number of nitrogens with two attached hydrogens (primary N) is 2. The molecule has 4 saturated heterocycles. The lowest BCUT2D eigenvalue weighted by Gasteiger charge is -2.48. The maximum atomic E-state index is 13.9. The van der Waals surface area contributed by atoms with Crippen LogP contribution in [0.4, 0.5) is 0 Å². The molecule has 6 aliphatic rings. The highest BCUT2D eigenvalue weighted by atomic mass is 35.5. The SMILES string of the molecule is C[C@@H]1C(=O)OC2[C@H](OC(=O)CN)C34C5C[C@@H](C(C)(C)C)C36C(OC(=O)[C@@H]6OC(=O)CN)OC4(C(=O)O5)[C@]21O.Cl. The molecule has 216 valence electrons. The molecule has 0 amide bonds. The predicted octanol–water partition coefficient (Wildman–Crippen LogP) is -1.93. The number of aliphatic hydroxyl groups is 1. The molecule has 6 unspecified atom stereocenters. The summed E-state index contributed by atoms with van der Waals surface area (Å²) >= 11 is 0. The summed E-state index contributed by atoms with van der Waals surface area (Å²) in [5.74, 6) is -6.62. The number of halogens is 1. The lowest BCUT2D eigenvalue weighted by molar-refractivity contribution is -0.240. The molecule has 0 aromatic carbocycles. The molecule has 0 bridgehead atoms. The third-order valence-electron chi connectivity index (χ3n) is 9.78. The van der Waals surface area contributed by atoms with E-state index >= 15 is 0 Å². The minimum atomic E-state index is -2.39. The molecule has 2 aliphatic carbocycles. The Labute approximate surface area is 228 Å². The van der Waals surface area contributed by atoms with Gasteiger partial charge in [0.15, 0.2) is 17.8 Å². The Bertz CT molecular complexity index is 1190. The normalized spacial score (nSPS) is 48.3. The quantitative estimate of drug-likeness (QED) is 0.246. The molecule has 11 atom stereocenters. The van der Waals surface area contributed by atoms with Crippen molar-refractivity contribution in [2.24, 2.45) is 39.5 Å². The largest absolute Gasteiger partial charge is 0.459 e. The molecule has 4 heterocycles. The summed E-state index contributed by atoms with van der Waals surface area (Å²) in [5.41, 5.74) is 2.05. The second kappa shape index (κ2) is 8.03. The Hall–Kier alpha value is -2.52. The zero-order valence-electron chi connectivity index (χ0n) is 21.7. The topological polar surface area (TPSA) is 213 Å². The first-order chi connectivity index (χ1) is 17.7. The summed E-state index contributed by atoms with van der Waals surface area (Å²) in [7, 11) is 0. The van der Waals surface area contributed by atoms with Crippen molar-refractivity contribution in [3.05, 3.63) is 0 Å². The number of esters is 5. The van der Waals surface area contributed by atoms with Gasteiger partial charge in [-0.25, -0.2) is 9.59 Å². The van der Waals surface area contributed by atoms with Crippen molar-refractivity contribution in [2.75, 3.05) is 13.1 Å². The van der Waals surface area contributed by atoms with E-state index in [2.05, 4.69) is 0 Å². The Morgan fingerprint density at radius 1 is 1.03 bits per heavy atom. The summed E-state index contributed by atoms with van der Waals surface area (Å²) in [6.07, 6.45) is -7.32. The van der Waals surface area contributed by atoms with E-state index in [1.807, 2.05) is 20.8 Å². The lowest BCUT2D eigenvalue weighted by atomic mass is 9.51. The van der Waals surface area contributed by atoms with Gasteiger partial charge in [0, 0.05) is 0 Å². The summed E-state index contributed by atoms with van der Waals surface area (Å²) < 4.78 is 34.8. The van der Waals surface area contributed by atoms with Crippen molar-refractivity contribution in [2.45, 2.75) is 76.0 Å². The molecule has 0 radical (unpaired) electrons. The maximum absolute atomic E-state index is 13.9. The van der Waals surface area contributed by atoms with Crippen LogP contribution in [0.15, 0.2) is 0 Å². The van der Waals surface area contributed by atoms with E-state index in [0.717, 1.165) is 0 Å². The van der Waals surface area contributed by atoms with E-state index in [0.29, 0.717) is 0 Å². The van der Waals surface area contributed by atoms with E-state index in [1.54, 1.807) is 0 Å². The monoisotopic (exact) mass is 574 g/mol. The highest BCUT2D eigenvalue weighted by Gasteiger charge is 3.05. The predicted molar refractivity (Wildman–Crippen MR) is 125 cm³/mol. The van der Waals surface area contributed by atoms with Crippen LogP contribution >= 0.6 is 12.4 Å². The summed E-state index contributed by atoms with van der Waals surface area (Å²) in [4.78, 5) is 65.3. The Balaban J connectivity index is 0.00000308. The second-order valence-electron chi connectivity index (χ2n) is 12.0. The van der Waals surface area contributed by atoms with Gasteiger partial charge in [0.1, 0.15) is 16.9 Å². The van der Waals surface area contributed by atoms with Gasteiger partial charge in [0.05, 0.1) is 19.0 Å². The van der Waals surface area contributed by atoms with Crippen LogP contribution in [0, 0.1) is 28.1 Å². The number of fused-ring (bicyclic) bond motifs is 1. The van der Waals surface area contributed by atoms with Crippen LogP contribution < -0.4 is 11.5 Å². The van der Waals surface area contributed by atoms with Gasteiger partial charge in [0.25, 0.3) is 0 Å². The van der Waals surface area contributed by atoms with E-state index in [9.17, 15) is 29.1 Å². The molecule has 6 fully saturated rings. The molecule has 0 aromatic heterocycles. The first kappa shape index (κ1) is 28.0. The number of carbonyl (C=O) groups is 5. The second-order valence-corrected chi connectivity index (χ2v) is 12.0. The van der Waals surface area contributed by atoms with E-state index < -0.39 is 113 Å². The highest BCUT2D eigenvalue weighted by Crippen LogP contribution is 2.85. The molecule has 2 spiro atoms. The zero-order valence-corrected chi connectivity index (χ0v) is 22.5. The number of rotatable bonds is 4. The van der Waals surface area contributed by atoms with Gasteiger partial charge < -0.3 is 45.0 Å². The molecule has 39 heavy (non-hydrogen) atoms. The highest BCUT2D eigenvalue weighted by molar-refractivity contribution is 5.95. The minimum absolute atomic E-state index is 0. The van der Waals surface area contributed by atoms with Gasteiger partial charge in [-0.1, -0.05) is 20.8 Å². The van der Waals surface area contributed by atoms with Crippen molar-refractivity contribution in [3.8, 4) is 0 Å². The van der Waals surface area contributed by atoms with Crippen molar-refractivity contribution in [1.82, 2.24) is 0 Å². The van der Waals surface area contributed by atoms with Crippen LogP contribution in [-0.4, -0.2) is 90.0 Å². The van der Waals surface area contributed by atoms with E-state index in [-0.39, 0.29) is 18.8 Å². The lowest BCUT2D eigenvalue weighted by Crippen LogP contribution is -2.67. The third-order valence-corrected chi connectivity index (χ3v) is 9.78. The smallest absolute Gasteiger partial charge is 0.350 e. The molecular formula is C24H31ClN2O12. The van der Waals surface area contributed by atoms with Gasteiger partial charge in [0.2, 0.25) is 18.0 Å². The van der Waals surface area contributed by atoms with Crippen molar-refractivity contribution >= 4 is 42.3 Å². The summed E-state index contributed by atoms with van der Waals surface area (Å²) in [6, 6.07) is 0. The fraction of sp³-hybridized carbons (Fsp3) is 0.792. The molecular weight excluding hydrogens is 544 g/mol. The van der Waals surface area contributed by atoms with Gasteiger partial charge in [-0.2, -0.15) is 0 Å². The number of carbonyl (C=O) groups excluding carboxylic acids is 5. The molecule has 4 aliphatic heterocycles. The standard InChI is InChI=1S/C24H30N2O12.ClH/c1-8-16(29)36-14-13(34-11(27)6-25)22-10-5-9(20(2,3)4)21(22)15(35-12(28)7-26)17(30)37-19(21)38-24(22,18(31)33-10)23(8,14)32;/h8-10,13-15,19,32H,5-7,25-26H2,1-4H3;1H/t8-,9+,10?,13+,14?,15+,19?,21?,22?,23-,24?;/m1./s1. The average Bonchev–Trinajstić information content (AvgIpc) is 3.56. The summed E-state index contributed by atoms with van der Waals surface area (Å²) in [5, 5.41) is 12.3. The van der Waals surface area contributed by atoms with E-state index in [1.165, 1.54) is 6.92 Å². The molecule has 2 saturated carbocycles. The van der Waals surface area contributed by atoms with Crippen molar-refractivity contribution in [1.29, 1.82) is 0 Å². The Kier molecular flexibility index (Phi) is 5.77. The number of hydrogen-bond acceptors (Lipinski definition) is 14. The van der Waals surface area contributed by atoms with Crippen LogP contribution in [0.1, 0.15) is 34.1 Å². The van der Waals surface area contributed by atoms with Crippen molar-refractivity contribution < 1.29 is 57.5 Å². The van der Waals surface area contributed by atoms with Crippen LogP contribution in [0.25, 0.3) is 0 Å². The fourth-order valence-electron chi connectivity index (χ4n) is 8.72. The van der Waals surface area contributed by atoms with Gasteiger partial charge in [-0.3, -0.25) is 14.4 Å². The Morgan fingerprint density at radius 3 is 2.23 bits per heavy atom. The van der Waals surface area contributed by atoms with Gasteiger partial charge in [-0.15, -0.1) is 12.4 Å². The first-order valence-corrected chi connectivity index (χ1v) is 12.5. The fourth-order valence-corrected chi connectivity index (χ4v) is 8.72. The van der Waals surface area contributed by atoms with Crippen LogP contribution in [0.3, 0.4) is 0 Å². The van der Waals surface area contributed by atoms with Crippen LogP contribution in [0.5, 0.6) is 0 Å². The Morgan fingerprint density at radius 2 is 1.64 bits per heavy atom. The molecule has 6 rings (SSSR count). The van der Waals surface area contributed by atoms with Gasteiger partial charge >= 0.3 is 29.8 Å². The third kappa shape index (κ3) is 2.61. The zero-order chi connectivity index (χ0) is 27.8. The molecule has 5 N–H and O–H groups in total. The van der Waals surface area contributed by atoms with Gasteiger partial charge in [-0.05, 0) is 24.7 Å². The van der Waals surface area contributed by atoms with Crippen molar-refractivity contribution in [3.63, 3.8) is 0 Å². The minimum Gasteiger partial charge on any atom is -0.459 e. The molecule has 15 heteroatoms. The number of hydrogen-bond donors (Lipinski definition) is 3. The molecule has 0 aromatic rings. The van der Waals surface area contributed by atoms with E-state index in [4.69, 9.17) is 39.9 Å². The van der Waals surface area contributed by atoms with Crippen LogP contribution in [0.2, 0.25) is 0 Å². The average molecular weight is 575 g/mol. The van der Waals surface area contributed by atoms with Crippen LogP contribution in [-0.2, 0) is 52.4 Å².